The summed E-state index contributed by atoms with van der Waals surface area (Å²) in [4.78, 5) is 0. The van der Waals surface area contributed by atoms with E-state index in [9.17, 15) is 0 Å². The molecule has 236 valence electrons. The summed E-state index contributed by atoms with van der Waals surface area (Å²) in [5.41, 5.74) is 0. The molecular formula is C18H35I6N3O12. The van der Waals surface area contributed by atoms with Crippen LogP contribution in [0.15, 0.2) is 0 Å². The van der Waals surface area contributed by atoms with Crippen molar-refractivity contribution in [1.82, 2.24) is 16.0 Å². The largest absolute Gasteiger partial charge is 0.363 e. The summed E-state index contributed by atoms with van der Waals surface area (Å²) in [7, 11) is 0. The summed E-state index contributed by atoms with van der Waals surface area (Å²) in [6.45, 7) is 5.11. The van der Waals surface area contributed by atoms with Gasteiger partial charge in [0.15, 0.2) is 0 Å². The fraction of sp³-hybridized carbons (Fsp3) is 1.00. The molecule has 0 saturated carbocycles. The summed E-state index contributed by atoms with van der Waals surface area (Å²) in [6, 6.07) is 0. The summed E-state index contributed by atoms with van der Waals surface area (Å²) in [5.74, 6) is 0. The van der Waals surface area contributed by atoms with Crippen LogP contribution >= 0.6 is 138 Å². The van der Waals surface area contributed by atoms with Gasteiger partial charge in [0.2, 0.25) is 0 Å². The molecule has 39 heavy (non-hydrogen) atoms. The predicted octanol–water partition coefficient (Wildman–Crippen LogP) is 3.27. The molecule has 0 aromatic rings. The average Bonchev–Trinajstić information content (AvgIpc) is 2.96. The molecule has 0 aromatic heterocycles. The average molecular weight is 1250 g/mol. The molecule has 0 aliphatic rings. The topological polar surface area (TPSA) is 147 Å². The quantitative estimate of drug-likeness (QED) is 0.0515. The smallest absolute Gasteiger partial charge is 0.118 e. The summed E-state index contributed by atoms with van der Waals surface area (Å²) in [6.07, 6.45) is -0.664. The minimum atomic E-state index is -0.215. The minimum absolute atomic E-state index is 0.117. The van der Waals surface area contributed by atoms with Crippen molar-refractivity contribution in [3.63, 3.8) is 0 Å². The number of nitrogens with one attached hydrogen (secondary N) is 3. The van der Waals surface area contributed by atoms with Crippen LogP contribution in [0.2, 0.25) is 0 Å². The van der Waals surface area contributed by atoms with E-state index >= 15 is 0 Å². The van der Waals surface area contributed by atoms with Gasteiger partial charge in [-0.2, -0.15) is 0 Å². The Morgan fingerprint density at radius 3 is 0.718 bits per heavy atom. The van der Waals surface area contributed by atoms with Gasteiger partial charge in [-0.25, -0.2) is 0 Å². The lowest BCUT2D eigenvalue weighted by atomic mass is 10.4. The second kappa shape index (κ2) is 34.6. The Kier molecular flexibility index (Phi) is 38.0. The molecule has 3 N–H and O–H groups in total. The van der Waals surface area contributed by atoms with Crippen molar-refractivity contribution in [3.8, 4) is 0 Å². The van der Waals surface area contributed by atoms with Crippen molar-refractivity contribution in [2.75, 3.05) is 93.2 Å². The zero-order valence-corrected chi connectivity index (χ0v) is 33.8. The lowest BCUT2D eigenvalue weighted by Crippen LogP contribution is -2.32. The molecule has 0 spiro atoms. The van der Waals surface area contributed by atoms with E-state index < -0.39 is 0 Å². The maximum atomic E-state index is 5.56. The highest BCUT2D eigenvalue weighted by atomic mass is 127. The third kappa shape index (κ3) is 29.0. The molecule has 21 heteroatoms. The van der Waals surface area contributed by atoms with Crippen LogP contribution in [0.25, 0.3) is 0 Å². The predicted molar refractivity (Wildman–Crippen MR) is 190 cm³/mol. The Morgan fingerprint density at radius 1 is 0.333 bits per heavy atom. The van der Waals surface area contributed by atoms with Gasteiger partial charge >= 0.3 is 0 Å². The van der Waals surface area contributed by atoms with Gasteiger partial charge in [-0.15, -0.1) is 0 Å². The first-order valence-corrected chi connectivity index (χ1v) is 16.6. The van der Waals surface area contributed by atoms with E-state index in [1.807, 2.05) is 138 Å². The van der Waals surface area contributed by atoms with Gasteiger partial charge in [0.05, 0.1) is 93.2 Å². The van der Waals surface area contributed by atoms with Crippen LogP contribution in [0.4, 0.5) is 0 Å². The van der Waals surface area contributed by atoms with Crippen LogP contribution in [0.1, 0.15) is 0 Å². The standard InChI is InChI=1S/C18H35I6N3O12/c19-34-7-17(38-23)5-32-13-26-11-30-3-15(36-21)1-28-9-25-10-29-2-16(37-22)4-31-12-27-14-33-6-18(39-24)8-35-20/h15-18,25-27H,1-14H2. The van der Waals surface area contributed by atoms with Crippen molar-refractivity contribution in [2.24, 2.45) is 0 Å². The van der Waals surface area contributed by atoms with Gasteiger partial charge < -0.3 is 46.8 Å². The Balaban J connectivity index is 3.61. The van der Waals surface area contributed by atoms with Crippen LogP contribution in [0.3, 0.4) is 0 Å². The van der Waals surface area contributed by atoms with Gasteiger partial charge in [-0.05, 0) is 0 Å². The zero-order chi connectivity index (χ0) is 28.8. The lowest BCUT2D eigenvalue weighted by molar-refractivity contribution is -0.0278. The minimum Gasteiger partial charge on any atom is -0.363 e. The van der Waals surface area contributed by atoms with Crippen LogP contribution in [0, 0.1) is 0 Å². The molecule has 0 amide bonds. The molecule has 0 fully saturated rings. The van der Waals surface area contributed by atoms with Crippen LogP contribution < -0.4 is 16.0 Å². The fourth-order valence-electron chi connectivity index (χ4n) is 2.24. The van der Waals surface area contributed by atoms with E-state index in [0.717, 1.165) is 0 Å². The first-order chi connectivity index (χ1) is 19.1. The fourth-order valence-corrected chi connectivity index (χ4v) is 4.22. The summed E-state index contributed by atoms with van der Waals surface area (Å²) < 4.78 is 64.1. The Hall–Kier alpha value is 3.78. The zero-order valence-electron chi connectivity index (χ0n) is 20.9. The maximum Gasteiger partial charge on any atom is 0.118 e. The van der Waals surface area contributed by atoms with E-state index in [4.69, 9.17) is 46.8 Å². The molecule has 0 radical (unpaired) electrons. The molecule has 15 nitrogen and oxygen atoms in total. The molecule has 4 unspecified atom stereocenters. The van der Waals surface area contributed by atoms with Gasteiger partial charge in [0, 0.05) is 0 Å². The lowest BCUT2D eigenvalue weighted by Gasteiger charge is -2.17. The van der Waals surface area contributed by atoms with Gasteiger partial charge in [0.25, 0.3) is 0 Å². The SMILES string of the molecule is IOCC(COCNCOCC(COCNCOCC(COCNCOCC(COI)OI)OI)OI)OI. The molecule has 0 heterocycles. The second-order valence-electron chi connectivity index (χ2n) is 7.24. The molecule has 0 aliphatic heterocycles. The normalized spacial score (nSPS) is 14.9. The molecule has 0 aliphatic carbocycles. The van der Waals surface area contributed by atoms with E-state index in [2.05, 4.69) is 16.0 Å². The molecule has 0 rings (SSSR count). The molecule has 0 bridgehead atoms. The van der Waals surface area contributed by atoms with Crippen molar-refractivity contribution >= 4 is 138 Å². The van der Waals surface area contributed by atoms with Crippen molar-refractivity contribution in [1.29, 1.82) is 0 Å². The van der Waals surface area contributed by atoms with E-state index in [0.29, 0.717) is 93.2 Å². The van der Waals surface area contributed by atoms with E-state index in [1.165, 1.54) is 0 Å². The van der Waals surface area contributed by atoms with Crippen molar-refractivity contribution in [2.45, 2.75) is 24.4 Å². The first kappa shape index (κ1) is 42.8. The second-order valence-corrected chi connectivity index (χ2v) is 10.5. The van der Waals surface area contributed by atoms with E-state index in [1.54, 1.807) is 0 Å². The number of hydrogen-bond donors (Lipinski definition) is 3. The molecule has 0 saturated heterocycles. The monoisotopic (exact) mass is 1250 g/mol. The number of hydrogen-bond acceptors (Lipinski definition) is 15. The van der Waals surface area contributed by atoms with Crippen molar-refractivity contribution < 1.29 is 46.8 Å². The van der Waals surface area contributed by atoms with Gasteiger partial charge in [-0.3, -0.25) is 16.0 Å². The van der Waals surface area contributed by atoms with Gasteiger partial charge in [0.1, 0.15) is 162 Å². The van der Waals surface area contributed by atoms with Crippen molar-refractivity contribution in [3.05, 3.63) is 0 Å². The highest BCUT2D eigenvalue weighted by Crippen LogP contribution is 2.04. The third-order valence-electron chi connectivity index (χ3n) is 4.05. The van der Waals surface area contributed by atoms with Crippen LogP contribution in [0.5, 0.6) is 0 Å². The first-order valence-electron chi connectivity index (χ1n) is 11.3. The van der Waals surface area contributed by atoms with Gasteiger partial charge in [-0.1, -0.05) is 0 Å². The molecular weight excluding hydrogens is 1210 g/mol. The van der Waals surface area contributed by atoms with Crippen LogP contribution in [-0.2, 0) is 46.8 Å². The summed E-state index contributed by atoms with van der Waals surface area (Å²) >= 11 is 11.0. The Labute approximate surface area is 314 Å². The Morgan fingerprint density at radius 2 is 0.538 bits per heavy atom. The van der Waals surface area contributed by atoms with Crippen LogP contribution in [-0.4, -0.2) is 118 Å². The Bertz CT molecular complexity index is 467. The number of rotatable bonds is 32. The van der Waals surface area contributed by atoms with E-state index in [-0.39, 0.29) is 24.4 Å². The summed E-state index contributed by atoms with van der Waals surface area (Å²) in [5, 5.41) is 9.06. The third-order valence-corrected chi connectivity index (χ3v) is 7.64. The molecule has 4 atom stereocenters. The highest BCUT2D eigenvalue weighted by molar-refractivity contribution is 14.1. The highest BCUT2D eigenvalue weighted by Gasteiger charge is 2.12. The molecule has 0 aromatic carbocycles. The number of halogens is 6. The maximum absolute atomic E-state index is 5.56. The number of ether oxygens (including phenoxy) is 6.